The fourth-order valence-corrected chi connectivity index (χ4v) is 3.93. The smallest absolute Gasteiger partial charge is 0.273 e. The van der Waals surface area contributed by atoms with E-state index < -0.39 is 11.1 Å². The first-order valence-corrected chi connectivity index (χ1v) is 10.5. The molecule has 2 amide bonds. The average Bonchev–Trinajstić information content (AvgIpc) is 3.01. The molecule has 3 rings (SSSR count). The number of benzene rings is 2. The molecule has 6 nitrogen and oxygen atoms in total. The number of hydrazine groups is 1. The largest absolute Gasteiger partial charge is 0.496 e. The number of hydrogen-bond donors (Lipinski definition) is 1. The van der Waals surface area contributed by atoms with Crippen molar-refractivity contribution in [2.45, 2.75) is 59.1 Å². The molecule has 0 aromatic heterocycles. The van der Waals surface area contributed by atoms with Gasteiger partial charge in [0, 0.05) is 28.7 Å². The van der Waals surface area contributed by atoms with Gasteiger partial charge < -0.3 is 9.47 Å². The fraction of sp³-hybridized carbons (Fsp3) is 0.417. The lowest BCUT2D eigenvalue weighted by molar-refractivity contribution is 0.0357. The molecule has 1 aliphatic heterocycles. The zero-order valence-electron chi connectivity index (χ0n) is 19.1. The molecule has 0 aliphatic carbocycles. The highest BCUT2D eigenvalue weighted by molar-refractivity contribution is 6.32. The van der Waals surface area contributed by atoms with Gasteiger partial charge in [0.05, 0.1) is 17.7 Å². The van der Waals surface area contributed by atoms with Crippen molar-refractivity contribution in [2.75, 3.05) is 7.11 Å². The van der Waals surface area contributed by atoms with E-state index in [1.807, 2.05) is 41.5 Å². The molecule has 166 valence electrons. The summed E-state index contributed by atoms with van der Waals surface area (Å²) in [4.78, 5) is 26.7. The number of halogens is 1. The van der Waals surface area contributed by atoms with E-state index in [2.05, 4.69) is 5.43 Å². The Kier molecular flexibility index (Phi) is 5.98. The third kappa shape index (κ3) is 4.49. The molecule has 0 saturated heterocycles. The number of nitrogens with one attached hydrogen (secondary N) is 1. The lowest BCUT2D eigenvalue weighted by Crippen LogP contribution is -2.56. The Hall–Kier alpha value is -2.73. The van der Waals surface area contributed by atoms with Crippen molar-refractivity contribution in [3.8, 4) is 11.5 Å². The molecule has 0 unspecified atom stereocenters. The maximum absolute atomic E-state index is 13.6. The Morgan fingerprint density at radius 3 is 2.45 bits per heavy atom. The standard InChI is InChI=1S/C24H29ClN2O4/c1-14-15(9-8-10-19(14)30-7)21(28)26-27(23(2,3)4)22(29)16-11-12-18(25)20-17(16)13-24(5,6)31-20/h8-12H,13H2,1-7H3,(H,26,28). The van der Waals surface area contributed by atoms with Gasteiger partial charge in [-0.3, -0.25) is 15.0 Å². The van der Waals surface area contributed by atoms with Crippen LogP contribution < -0.4 is 14.9 Å². The third-order valence-electron chi connectivity index (χ3n) is 5.26. The molecule has 2 aromatic rings. The van der Waals surface area contributed by atoms with Crippen LogP contribution >= 0.6 is 11.6 Å². The second-order valence-corrected chi connectivity index (χ2v) is 9.73. The summed E-state index contributed by atoms with van der Waals surface area (Å²) in [5.41, 5.74) is 4.02. The van der Waals surface area contributed by atoms with Crippen LogP contribution in [-0.2, 0) is 6.42 Å². The first kappa shape index (κ1) is 22.9. The maximum atomic E-state index is 13.6. The van der Waals surface area contributed by atoms with Gasteiger partial charge in [-0.25, -0.2) is 5.01 Å². The van der Waals surface area contributed by atoms with Crippen LogP contribution in [0.3, 0.4) is 0 Å². The highest BCUT2D eigenvalue weighted by Gasteiger charge is 2.38. The van der Waals surface area contributed by atoms with Crippen LogP contribution in [0, 0.1) is 6.92 Å². The Balaban J connectivity index is 1.98. The van der Waals surface area contributed by atoms with Crippen molar-refractivity contribution in [2.24, 2.45) is 0 Å². The molecule has 0 spiro atoms. The van der Waals surface area contributed by atoms with E-state index >= 15 is 0 Å². The van der Waals surface area contributed by atoms with Gasteiger partial charge in [0.15, 0.2) is 0 Å². The molecule has 7 heteroatoms. The number of carbonyl (C=O) groups excluding carboxylic acids is 2. The zero-order valence-corrected chi connectivity index (χ0v) is 19.8. The Labute approximate surface area is 188 Å². The van der Waals surface area contributed by atoms with Gasteiger partial charge in [-0.1, -0.05) is 17.7 Å². The third-order valence-corrected chi connectivity index (χ3v) is 5.56. The van der Waals surface area contributed by atoms with Crippen LogP contribution in [0.4, 0.5) is 0 Å². The molecule has 0 saturated carbocycles. The molecule has 1 N–H and O–H groups in total. The lowest BCUT2D eigenvalue weighted by Gasteiger charge is -2.36. The van der Waals surface area contributed by atoms with Gasteiger partial charge in [-0.05, 0) is 65.8 Å². The predicted molar refractivity (Wildman–Crippen MR) is 121 cm³/mol. The second kappa shape index (κ2) is 8.08. The fourth-order valence-electron chi connectivity index (χ4n) is 3.71. The van der Waals surface area contributed by atoms with Crippen LogP contribution in [0.2, 0.25) is 5.02 Å². The summed E-state index contributed by atoms with van der Waals surface area (Å²) in [5, 5.41) is 1.83. The Morgan fingerprint density at radius 2 is 1.84 bits per heavy atom. The average molecular weight is 445 g/mol. The molecule has 0 atom stereocenters. The van der Waals surface area contributed by atoms with Gasteiger partial charge in [-0.2, -0.15) is 0 Å². The highest BCUT2D eigenvalue weighted by atomic mass is 35.5. The van der Waals surface area contributed by atoms with Crippen molar-refractivity contribution in [1.29, 1.82) is 0 Å². The summed E-state index contributed by atoms with van der Waals surface area (Å²) in [7, 11) is 1.56. The number of ether oxygens (including phenoxy) is 2. The van der Waals surface area contributed by atoms with Crippen LogP contribution in [0.15, 0.2) is 30.3 Å². The molecule has 0 fully saturated rings. The maximum Gasteiger partial charge on any atom is 0.273 e. The minimum absolute atomic E-state index is 0.324. The van der Waals surface area contributed by atoms with E-state index in [9.17, 15) is 9.59 Å². The quantitative estimate of drug-likeness (QED) is 0.679. The van der Waals surface area contributed by atoms with Crippen molar-refractivity contribution in [3.63, 3.8) is 0 Å². The second-order valence-electron chi connectivity index (χ2n) is 9.33. The van der Waals surface area contributed by atoms with Crippen molar-refractivity contribution < 1.29 is 19.1 Å². The normalized spacial score (nSPS) is 14.5. The van der Waals surface area contributed by atoms with Crippen molar-refractivity contribution in [1.82, 2.24) is 10.4 Å². The van der Waals surface area contributed by atoms with E-state index in [0.717, 1.165) is 5.56 Å². The molecule has 1 aliphatic rings. The van der Waals surface area contributed by atoms with Crippen LogP contribution in [0.5, 0.6) is 11.5 Å². The Morgan fingerprint density at radius 1 is 1.16 bits per heavy atom. The SMILES string of the molecule is COc1cccc(C(=O)NN(C(=O)c2ccc(Cl)c3c2CC(C)(C)O3)C(C)(C)C)c1C. The molecule has 0 radical (unpaired) electrons. The van der Waals surface area contributed by atoms with Gasteiger partial charge in [0.2, 0.25) is 0 Å². The van der Waals surface area contributed by atoms with E-state index in [4.69, 9.17) is 21.1 Å². The van der Waals surface area contributed by atoms with E-state index in [-0.39, 0.29) is 11.8 Å². The van der Waals surface area contributed by atoms with E-state index in [0.29, 0.717) is 39.6 Å². The van der Waals surface area contributed by atoms with Gasteiger partial charge in [0.1, 0.15) is 17.1 Å². The van der Waals surface area contributed by atoms with Gasteiger partial charge in [0.25, 0.3) is 11.8 Å². The molecule has 31 heavy (non-hydrogen) atoms. The monoisotopic (exact) mass is 444 g/mol. The first-order valence-electron chi connectivity index (χ1n) is 10.2. The Bertz CT molecular complexity index is 1040. The summed E-state index contributed by atoms with van der Waals surface area (Å²) in [6, 6.07) is 8.59. The molecular weight excluding hydrogens is 416 g/mol. The molecule has 2 aromatic carbocycles. The topological polar surface area (TPSA) is 67.9 Å². The first-order chi connectivity index (χ1) is 14.4. The van der Waals surface area contributed by atoms with E-state index in [1.54, 1.807) is 37.4 Å². The summed E-state index contributed by atoms with van der Waals surface area (Å²) in [5.74, 6) is 0.426. The lowest BCUT2D eigenvalue weighted by atomic mass is 9.96. The summed E-state index contributed by atoms with van der Waals surface area (Å²) < 4.78 is 11.3. The highest BCUT2D eigenvalue weighted by Crippen LogP contribution is 2.42. The number of hydrogen-bond acceptors (Lipinski definition) is 4. The summed E-state index contributed by atoms with van der Waals surface area (Å²) in [6.07, 6.45) is 0.547. The number of carbonyl (C=O) groups is 2. The van der Waals surface area contributed by atoms with Crippen LogP contribution in [0.1, 0.15) is 66.5 Å². The number of methoxy groups -OCH3 is 1. The van der Waals surface area contributed by atoms with Crippen molar-refractivity contribution in [3.05, 3.63) is 57.6 Å². The molecular formula is C24H29ClN2O4. The minimum Gasteiger partial charge on any atom is -0.496 e. The van der Waals surface area contributed by atoms with Crippen LogP contribution in [0.25, 0.3) is 0 Å². The molecule has 0 bridgehead atoms. The molecule has 1 heterocycles. The predicted octanol–water partition coefficient (Wildman–Crippen LogP) is 4.96. The summed E-state index contributed by atoms with van der Waals surface area (Å²) >= 11 is 6.32. The minimum atomic E-state index is -0.680. The number of rotatable bonds is 3. The number of nitrogens with zero attached hydrogens (tertiary/aromatic N) is 1. The number of amides is 2. The number of fused-ring (bicyclic) bond motifs is 1. The van der Waals surface area contributed by atoms with Crippen LogP contribution in [-0.4, -0.2) is 35.1 Å². The van der Waals surface area contributed by atoms with Crippen molar-refractivity contribution >= 4 is 23.4 Å². The van der Waals surface area contributed by atoms with E-state index in [1.165, 1.54) is 5.01 Å². The van der Waals surface area contributed by atoms with Gasteiger partial charge in [-0.15, -0.1) is 0 Å². The summed E-state index contributed by atoms with van der Waals surface area (Å²) in [6.45, 7) is 11.3. The van der Waals surface area contributed by atoms with Gasteiger partial charge >= 0.3 is 0 Å². The zero-order chi connectivity index (χ0) is 23.1.